The van der Waals surface area contributed by atoms with Gasteiger partial charge < -0.3 is 19.3 Å². The molecule has 2 aromatic carbocycles. The zero-order valence-electron chi connectivity index (χ0n) is 16.9. The Labute approximate surface area is 183 Å². The van der Waals surface area contributed by atoms with Crippen molar-refractivity contribution in [2.75, 3.05) is 25.1 Å². The molecule has 0 spiro atoms. The summed E-state index contributed by atoms with van der Waals surface area (Å²) >= 11 is 6.31. The normalized spacial score (nSPS) is 16.0. The van der Waals surface area contributed by atoms with Gasteiger partial charge in [-0.05, 0) is 49.1 Å². The molecular weight excluding hydrogens is 421 g/mol. The van der Waals surface area contributed by atoms with Gasteiger partial charge in [0.2, 0.25) is 0 Å². The van der Waals surface area contributed by atoms with Crippen molar-refractivity contribution in [2.45, 2.75) is 19.4 Å². The summed E-state index contributed by atoms with van der Waals surface area (Å²) in [6.45, 7) is 1.90. The van der Waals surface area contributed by atoms with E-state index in [1.54, 1.807) is 18.3 Å². The van der Waals surface area contributed by atoms with Gasteiger partial charge in [-0.2, -0.15) is 0 Å². The molecule has 0 bridgehead atoms. The Hall–Kier alpha value is -3.06. The minimum Gasteiger partial charge on any atom is -0.489 e. The number of halogens is 2. The number of carboxylic acid groups (broad SMARTS) is 1. The van der Waals surface area contributed by atoms with Crippen molar-refractivity contribution in [1.82, 2.24) is 4.57 Å². The number of ether oxygens (including phenoxy) is 1. The van der Waals surface area contributed by atoms with Crippen molar-refractivity contribution in [3.05, 3.63) is 52.4 Å². The molecule has 1 N–H and O–H groups in total. The van der Waals surface area contributed by atoms with E-state index < -0.39 is 11.8 Å². The van der Waals surface area contributed by atoms with Crippen LogP contribution in [0.1, 0.15) is 28.9 Å². The van der Waals surface area contributed by atoms with Crippen LogP contribution in [-0.2, 0) is 6.54 Å². The fourth-order valence-corrected chi connectivity index (χ4v) is 4.30. The third-order valence-electron chi connectivity index (χ3n) is 5.83. The van der Waals surface area contributed by atoms with Crippen molar-refractivity contribution in [3.8, 4) is 5.75 Å². The van der Waals surface area contributed by atoms with E-state index in [1.807, 2.05) is 22.6 Å². The summed E-state index contributed by atoms with van der Waals surface area (Å²) in [6.07, 6.45) is 3.97. The number of likely N-dealkylation sites (N-methyl/N-ethyl adjacent to an activating group) is 1. The molecule has 2 aliphatic rings. The smallest absolute Gasteiger partial charge is 0.335 e. The number of hydrogen-bond acceptors (Lipinski definition) is 4. The van der Waals surface area contributed by atoms with Gasteiger partial charge in [-0.25, -0.2) is 9.18 Å². The molecular formula is C23H21ClFN3O3. The number of hydrogen-bond donors (Lipinski definition) is 1. The molecule has 8 heteroatoms. The number of aromatic carboxylic acids is 1. The van der Waals surface area contributed by atoms with Gasteiger partial charge in [0.15, 0.2) is 0 Å². The van der Waals surface area contributed by atoms with E-state index in [-0.39, 0.29) is 10.6 Å². The Morgan fingerprint density at radius 2 is 2.16 bits per heavy atom. The lowest BCUT2D eigenvalue weighted by Gasteiger charge is -2.29. The molecule has 0 amide bonds. The average Bonchev–Trinajstić information content (AvgIpc) is 3.49. The highest BCUT2D eigenvalue weighted by Crippen LogP contribution is 2.41. The molecule has 1 aliphatic carbocycles. The summed E-state index contributed by atoms with van der Waals surface area (Å²) in [7, 11) is 1.92. The number of aromatic nitrogens is 1. The SMILES string of the molecule is CN1CCOc2cc(C(=O)O)cc(N=Cc3cc4ccc(F)c(Cl)c4n3CC3CC3)c21. The van der Waals surface area contributed by atoms with Gasteiger partial charge in [0.25, 0.3) is 0 Å². The van der Waals surface area contributed by atoms with Crippen LogP contribution in [0.25, 0.3) is 10.9 Å². The van der Waals surface area contributed by atoms with Crippen LogP contribution >= 0.6 is 11.6 Å². The number of benzene rings is 2. The van der Waals surface area contributed by atoms with Gasteiger partial charge >= 0.3 is 5.97 Å². The third kappa shape index (κ3) is 3.63. The molecule has 1 saturated carbocycles. The molecule has 3 aromatic rings. The number of carboxylic acids is 1. The predicted octanol–water partition coefficient (Wildman–Crippen LogP) is 5.12. The van der Waals surface area contributed by atoms with E-state index in [4.69, 9.17) is 16.3 Å². The quantitative estimate of drug-likeness (QED) is 0.558. The van der Waals surface area contributed by atoms with Crippen LogP contribution < -0.4 is 9.64 Å². The van der Waals surface area contributed by atoms with E-state index >= 15 is 0 Å². The highest BCUT2D eigenvalue weighted by Gasteiger charge is 2.25. The summed E-state index contributed by atoms with van der Waals surface area (Å²) in [4.78, 5) is 18.2. The summed E-state index contributed by atoms with van der Waals surface area (Å²) in [5.41, 5.74) is 2.84. The van der Waals surface area contributed by atoms with Crippen LogP contribution in [0, 0.1) is 11.7 Å². The van der Waals surface area contributed by atoms with Crippen LogP contribution in [0.5, 0.6) is 5.75 Å². The number of nitrogens with zero attached hydrogens (tertiary/aromatic N) is 3. The van der Waals surface area contributed by atoms with Gasteiger partial charge in [-0.15, -0.1) is 0 Å². The Balaban J connectivity index is 1.63. The van der Waals surface area contributed by atoms with Gasteiger partial charge in [0.1, 0.15) is 28.9 Å². The summed E-state index contributed by atoms with van der Waals surface area (Å²) in [5.74, 6) is -0.440. The van der Waals surface area contributed by atoms with Crippen LogP contribution in [0.3, 0.4) is 0 Å². The van der Waals surface area contributed by atoms with Crippen molar-refractivity contribution in [1.29, 1.82) is 0 Å². The monoisotopic (exact) mass is 441 g/mol. The molecule has 5 rings (SSSR count). The predicted molar refractivity (Wildman–Crippen MR) is 119 cm³/mol. The topological polar surface area (TPSA) is 67.1 Å². The van der Waals surface area contributed by atoms with E-state index in [1.165, 1.54) is 12.1 Å². The first kappa shape index (κ1) is 19.9. The molecule has 0 radical (unpaired) electrons. The lowest BCUT2D eigenvalue weighted by atomic mass is 10.1. The van der Waals surface area contributed by atoms with Crippen molar-refractivity contribution in [2.24, 2.45) is 10.9 Å². The van der Waals surface area contributed by atoms with Crippen LogP contribution in [-0.4, -0.2) is 42.1 Å². The number of carbonyl (C=O) groups is 1. The summed E-state index contributed by atoms with van der Waals surface area (Å²) in [5, 5.41) is 10.4. The number of rotatable bonds is 5. The second-order valence-electron chi connectivity index (χ2n) is 8.10. The first-order valence-electron chi connectivity index (χ1n) is 10.2. The van der Waals surface area contributed by atoms with Crippen molar-refractivity contribution >= 4 is 46.1 Å². The Bertz CT molecular complexity index is 1230. The fraction of sp³-hybridized carbons (Fsp3) is 0.304. The Kier molecular flexibility index (Phi) is 4.85. The molecule has 160 valence electrons. The molecule has 6 nitrogen and oxygen atoms in total. The van der Waals surface area contributed by atoms with E-state index in [0.29, 0.717) is 36.0 Å². The second-order valence-corrected chi connectivity index (χ2v) is 8.48. The Morgan fingerprint density at radius 1 is 1.35 bits per heavy atom. The van der Waals surface area contributed by atoms with E-state index in [2.05, 4.69) is 4.99 Å². The summed E-state index contributed by atoms with van der Waals surface area (Å²) in [6, 6.07) is 8.08. The van der Waals surface area contributed by atoms with Crippen molar-refractivity contribution < 1.29 is 19.0 Å². The molecule has 31 heavy (non-hydrogen) atoms. The Morgan fingerprint density at radius 3 is 2.90 bits per heavy atom. The first-order chi connectivity index (χ1) is 14.9. The first-order valence-corrected chi connectivity index (χ1v) is 10.6. The maximum absolute atomic E-state index is 14.1. The van der Waals surface area contributed by atoms with Crippen LogP contribution in [0.4, 0.5) is 15.8 Å². The summed E-state index contributed by atoms with van der Waals surface area (Å²) < 4.78 is 21.8. The molecule has 2 heterocycles. The molecule has 1 aromatic heterocycles. The van der Waals surface area contributed by atoms with E-state index in [9.17, 15) is 14.3 Å². The zero-order valence-corrected chi connectivity index (χ0v) is 17.7. The van der Waals surface area contributed by atoms with Crippen LogP contribution in [0.2, 0.25) is 5.02 Å². The minimum atomic E-state index is -1.04. The zero-order chi connectivity index (χ0) is 21.7. The maximum Gasteiger partial charge on any atom is 0.335 e. The highest BCUT2D eigenvalue weighted by molar-refractivity contribution is 6.35. The molecule has 0 unspecified atom stereocenters. The van der Waals surface area contributed by atoms with Gasteiger partial charge in [0, 0.05) is 19.0 Å². The second kappa shape index (κ2) is 7.57. The van der Waals surface area contributed by atoms with Crippen LogP contribution in [0.15, 0.2) is 35.3 Å². The number of aliphatic imine (C=N–C) groups is 1. The largest absolute Gasteiger partial charge is 0.489 e. The fourth-order valence-electron chi connectivity index (χ4n) is 4.02. The maximum atomic E-state index is 14.1. The molecule has 0 saturated heterocycles. The molecule has 1 aliphatic heterocycles. The average molecular weight is 442 g/mol. The van der Waals surface area contributed by atoms with Crippen molar-refractivity contribution in [3.63, 3.8) is 0 Å². The van der Waals surface area contributed by atoms with Gasteiger partial charge in [0.05, 0.1) is 35.2 Å². The van der Waals surface area contributed by atoms with Gasteiger partial charge in [-0.1, -0.05) is 11.6 Å². The third-order valence-corrected chi connectivity index (χ3v) is 6.19. The highest BCUT2D eigenvalue weighted by atomic mass is 35.5. The lowest BCUT2D eigenvalue weighted by Crippen LogP contribution is -2.29. The lowest BCUT2D eigenvalue weighted by molar-refractivity contribution is 0.0696. The van der Waals surface area contributed by atoms with E-state index in [0.717, 1.165) is 36.2 Å². The van der Waals surface area contributed by atoms with Gasteiger partial charge in [-0.3, -0.25) is 4.99 Å². The number of fused-ring (bicyclic) bond motifs is 2. The molecule has 0 atom stereocenters. The molecule has 1 fully saturated rings. The minimum absolute atomic E-state index is 0.108. The standard InChI is InChI=1S/C23H21ClFN3O3/c1-27-6-7-31-19-10-15(23(29)30)9-18(22(19)27)26-11-16-8-14-4-5-17(25)20(24)21(14)28(16)12-13-2-3-13/h4-5,8-11,13H,2-3,6-7,12H2,1H3,(H,29,30). The number of anilines is 1.